The monoisotopic (exact) mass is 270 g/mol. The van der Waals surface area contributed by atoms with Crippen LogP contribution in [0.4, 0.5) is 4.39 Å². The van der Waals surface area contributed by atoms with E-state index in [1.165, 1.54) is 6.07 Å². The molecule has 17 heavy (non-hydrogen) atoms. The Balaban J connectivity index is 2.65. The molecule has 1 aromatic heterocycles. The van der Waals surface area contributed by atoms with Crippen LogP contribution < -0.4 is 0 Å². The van der Waals surface area contributed by atoms with Crippen LogP contribution in [0.1, 0.15) is 11.1 Å². The van der Waals surface area contributed by atoms with E-state index in [-0.39, 0.29) is 0 Å². The largest absolute Gasteiger partial charge is 0.206 e. The summed E-state index contributed by atoms with van der Waals surface area (Å²) >= 11 is 11.6. The van der Waals surface area contributed by atoms with Crippen molar-refractivity contribution in [1.29, 1.82) is 0 Å². The van der Waals surface area contributed by atoms with Gasteiger partial charge in [-0.3, -0.25) is 0 Å². The SMILES string of the molecule is Cc1c(Cl)nnc(-c2ccc(Cl)cc2F)c1C. The van der Waals surface area contributed by atoms with Gasteiger partial charge in [-0.1, -0.05) is 23.2 Å². The first-order chi connectivity index (χ1) is 8.00. The third-order valence-corrected chi connectivity index (χ3v) is 3.25. The molecule has 1 heterocycles. The second-order valence-electron chi connectivity index (χ2n) is 3.71. The minimum absolute atomic E-state index is 0.334. The van der Waals surface area contributed by atoms with Crippen LogP contribution in [0, 0.1) is 19.7 Å². The summed E-state index contributed by atoms with van der Waals surface area (Å²) < 4.78 is 13.8. The molecular weight excluding hydrogens is 262 g/mol. The van der Waals surface area contributed by atoms with Crippen molar-refractivity contribution in [2.24, 2.45) is 0 Å². The molecule has 0 spiro atoms. The van der Waals surface area contributed by atoms with Gasteiger partial charge in [0.1, 0.15) is 5.82 Å². The van der Waals surface area contributed by atoms with Gasteiger partial charge in [-0.05, 0) is 43.2 Å². The van der Waals surface area contributed by atoms with Crippen molar-refractivity contribution in [3.05, 3.63) is 45.3 Å². The highest BCUT2D eigenvalue weighted by atomic mass is 35.5. The Bertz CT molecular complexity index is 585. The number of aromatic nitrogens is 2. The quantitative estimate of drug-likeness (QED) is 0.776. The van der Waals surface area contributed by atoms with E-state index in [1.807, 2.05) is 13.8 Å². The molecule has 0 atom stereocenters. The highest BCUT2D eigenvalue weighted by molar-refractivity contribution is 6.30. The molecule has 0 saturated carbocycles. The lowest BCUT2D eigenvalue weighted by atomic mass is 10.0. The van der Waals surface area contributed by atoms with Crippen LogP contribution >= 0.6 is 23.2 Å². The molecule has 2 rings (SSSR count). The molecule has 0 saturated heterocycles. The fourth-order valence-electron chi connectivity index (χ4n) is 1.51. The molecular formula is C12H9Cl2FN2. The third kappa shape index (κ3) is 2.26. The third-order valence-electron chi connectivity index (χ3n) is 2.65. The predicted molar refractivity (Wildman–Crippen MR) is 66.9 cm³/mol. The van der Waals surface area contributed by atoms with Gasteiger partial charge in [0.15, 0.2) is 5.15 Å². The van der Waals surface area contributed by atoms with Crippen LogP contribution in [0.3, 0.4) is 0 Å². The Hall–Kier alpha value is -1.19. The molecule has 0 aliphatic rings. The highest BCUT2D eigenvalue weighted by Gasteiger charge is 2.13. The van der Waals surface area contributed by atoms with E-state index in [0.717, 1.165) is 11.1 Å². The lowest BCUT2D eigenvalue weighted by molar-refractivity contribution is 0.630. The van der Waals surface area contributed by atoms with Gasteiger partial charge < -0.3 is 0 Å². The first-order valence-electron chi connectivity index (χ1n) is 4.95. The van der Waals surface area contributed by atoms with Crippen LogP contribution in [-0.2, 0) is 0 Å². The van der Waals surface area contributed by atoms with Crippen molar-refractivity contribution in [3.8, 4) is 11.3 Å². The van der Waals surface area contributed by atoms with Crippen molar-refractivity contribution < 1.29 is 4.39 Å². The van der Waals surface area contributed by atoms with Gasteiger partial charge in [0.2, 0.25) is 0 Å². The summed E-state index contributed by atoms with van der Waals surface area (Å²) in [7, 11) is 0. The zero-order valence-electron chi connectivity index (χ0n) is 9.26. The predicted octanol–water partition coefficient (Wildman–Crippen LogP) is 4.21. The minimum Gasteiger partial charge on any atom is -0.206 e. The first-order valence-corrected chi connectivity index (χ1v) is 5.71. The van der Waals surface area contributed by atoms with Crippen LogP contribution in [0.5, 0.6) is 0 Å². The second-order valence-corrected chi connectivity index (χ2v) is 4.51. The van der Waals surface area contributed by atoms with Crippen LogP contribution in [0.15, 0.2) is 18.2 Å². The zero-order chi connectivity index (χ0) is 12.6. The summed E-state index contributed by atoms with van der Waals surface area (Å²) in [6.45, 7) is 3.66. The molecule has 1 aromatic carbocycles. The zero-order valence-corrected chi connectivity index (χ0v) is 10.8. The molecule has 0 fully saturated rings. The number of nitrogens with zero attached hydrogens (tertiary/aromatic N) is 2. The van der Waals surface area contributed by atoms with E-state index >= 15 is 0 Å². The summed E-state index contributed by atoms with van der Waals surface area (Å²) in [5.41, 5.74) is 2.47. The lowest BCUT2D eigenvalue weighted by Crippen LogP contribution is -1.98. The van der Waals surface area contributed by atoms with Crippen molar-refractivity contribution in [1.82, 2.24) is 10.2 Å². The Labute approximate surface area is 108 Å². The van der Waals surface area contributed by atoms with Gasteiger partial charge >= 0.3 is 0 Å². The van der Waals surface area contributed by atoms with E-state index in [4.69, 9.17) is 23.2 Å². The maximum atomic E-state index is 13.8. The van der Waals surface area contributed by atoms with Crippen LogP contribution in [0.25, 0.3) is 11.3 Å². The van der Waals surface area contributed by atoms with Crippen molar-refractivity contribution in [3.63, 3.8) is 0 Å². The maximum Gasteiger partial charge on any atom is 0.154 e. The van der Waals surface area contributed by atoms with Crippen molar-refractivity contribution in [2.75, 3.05) is 0 Å². The Morgan fingerprint density at radius 3 is 2.41 bits per heavy atom. The van der Waals surface area contributed by atoms with E-state index in [2.05, 4.69) is 10.2 Å². The average molecular weight is 271 g/mol. The summed E-state index contributed by atoms with van der Waals surface area (Å²) in [6.07, 6.45) is 0. The molecule has 0 amide bonds. The fourth-order valence-corrected chi connectivity index (χ4v) is 1.85. The smallest absolute Gasteiger partial charge is 0.154 e. The van der Waals surface area contributed by atoms with E-state index in [0.29, 0.717) is 21.4 Å². The van der Waals surface area contributed by atoms with Crippen molar-refractivity contribution in [2.45, 2.75) is 13.8 Å². The molecule has 2 aromatic rings. The Kier molecular flexibility index (Phi) is 3.31. The van der Waals surface area contributed by atoms with Gasteiger partial charge in [-0.25, -0.2) is 4.39 Å². The topological polar surface area (TPSA) is 25.8 Å². The van der Waals surface area contributed by atoms with E-state index in [1.54, 1.807) is 12.1 Å². The molecule has 2 nitrogen and oxygen atoms in total. The summed E-state index contributed by atoms with van der Waals surface area (Å²) in [5.74, 6) is -0.420. The van der Waals surface area contributed by atoms with E-state index in [9.17, 15) is 4.39 Å². The van der Waals surface area contributed by atoms with Crippen molar-refractivity contribution >= 4 is 23.2 Å². The van der Waals surface area contributed by atoms with E-state index < -0.39 is 5.82 Å². The van der Waals surface area contributed by atoms with Crippen LogP contribution in [0.2, 0.25) is 10.2 Å². The average Bonchev–Trinajstić information content (AvgIpc) is 2.28. The summed E-state index contributed by atoms with van der Waals surface area (Å²) in [6, 6.07) is 4.45. The number of hydrogen-bond acceptors (Lipinski definition) is 2. The second kappa shape index (κ2) is 4.59. The molecule has 0 bridgehead atoms. The molecule has 88 valence electrons. The molecule has 0 aliphatic heterocycles. The number of halogens is 3. The number of rotatable bonds is 1. The Morgan fingerprint density at radius 1 is 1.06 bits per heavy atom. The Morgan fingerprint density at radius 2 is 1.76 bits per heavy atom. The molecule has 0 radical (unpaired) electrons. The molecule has 5 heteroatoms. The van der Waals surface area contributed by atoms with Gasteiger partial charge in [0.25, 0.3) is 0 Å². The van der Waals surface area contributed by atoms with Crippen LogP contribution in [-0.4, -0.2) is 10.2 Å². The summed E-state index contributed by atoms with van der Waals surface area (Å²) in [5, 5.41) is 8.41. The van der Waals surface area contributed by atoms with Gasteiger partial charge in [0, 0.05) is 10.6 Å². The number of benzene rings is 1. The summed E-state index contributed by atoms with van der Waals surface area (Å²) in [4.78, 5) is 0. The standard InChI is InChI=1S/C12H9Cl2FN2/c1-6-7(2)12(14)17-16-11(6)9-4-3-8(13)5-10(9)15/h3-5H,1-2H3. The van der Waals surface area contributed by atoms with Gasteiger partial charge in [0.05, 0.1) is 5.69 Å². The highest BCUT2D eigenvalue weighted by Crippen LogP contribution is 2.28. The molecule has 0 aliphatic carbocycles. The molecule has 0 unspecified atom stereocenters. The van der Waals surface area contributed by atoms with Gasteiger partial charge in [-0.2, -0.15) is 0 Å². The molecule has 0 N–H and O–H groups in total. The maximum absolute atomic E-state index is 13.8. The normalized spacial score (nSPS) is 10.6. The fraction of sp³-hybridized carbons (Fsp3) is 0.167. The first kappa shape index (κ1) is 12.3. The number of hydrogen-bond donors (Lipinski definition) is 0. The van der Waals surface area contributed by atoms with Gasteiger partial charge in [-0.15, -0.1) is 10.2 Å². The lowest BCUT2D eigenvalue weighted by Gasteiger charge is -2.08. The minimum atomic E-state index is -0.420.